The summed E-state index contributed by atoms with van der Waals surface area (Å²) in [5, 5.41) is 9.94. The van der Waals surface area contributed by atoms with E-state index in [2.05, 4.69) is 45.2 Å². The van der Waals surface area contributed by atoms with Gasteiger partial charge >= 0.3 is 0 Å². The van der Waals surface area contributed by atoms with Crippen LogP contribution in [0.3, 0.4) is 0 Å². The SMILES string of the molecule is CN=C(NCc1ccc(NCCOC)cc1)NCc1ccc2c(c1)OCO2. The van der Waals surface area contributed by atoms with Crippen molar-refractivity contribution in [2.45, 2.75) is 13.1 Å². The number of aliphatic imine (C=N–C) groups is 1. The molecule has 1 heterocycles. The summed E-state index contributed by atoms with van der Waals surface area (Å²) in [5.41, 5.74) is 3.37. The first kappa shape index (κ1) is 18.8. The van der Waals surface area contributed by atoms with Crippen LogP contribution in [-0.4, -0.2) is 40.1 Å². The quantitative estimate of drug-likeness (QED) is 0.376. The summed E-state index contributed by atoms with van der Waals surface area (Å²) in [4.78, 5) is 4.27. The van der Waals surface area contributed by atoms with E-state index < -0.39 is 0 Å². The van der Waals surface area contributed by atoms with Crippen molar-refractivity contribution in [1.82, 2.24) is 10.6 Å². The number of fused-ring (bicyclic) bond motifs is 1. The van der Waals surface area contributed by atoms with Crippen LogP contribution in [0, 0.1) is 0 Å². The van der Waals surface area contributed by atoms with Crippen LogP contribution in [-0.2, 0) is 17.8 Å². The molecule has 27 heavy (non-hydrogen) atoms. The molecule has 0 spiro atoms. The Kier molecular flexibility index (Phi) is 6.76. The fourth-order valence-corrected chi connectivity index (χ4v) is 2.68. The van der Waals surface area contributed by atoms with Gasteiger partial charge in [0, 0.05) is 39.5 Å². The van der Waals surface area contributed by atoms with Gasteiger partial charge in [-0.1, -0.05) is 18.2 Å². The summed E-state index contributed by atoms with van der Waals surface area (Å²) >= 11 is 0. The van der Waals surface area contributed by atoms with Crippen LogP contribution >= 0.6 is 0 Å². The zero-order valence-electron chi connectivity index (χ0n) is 15.7. The molecule has 0 radical (unpaired) electrons. The van der Waals surface area contributed by atoms with Crippen LogP contribution < -0.4 is 25.4 Å². The van der Waals surface area contributed by atoms with E-state index in [0.29, 0.717) is 19.7 Å². The van der Waals surface area contributed by atoms with Crippen LogP contribution in [0.15, 0.2) is 47.5 Å². The highest BCUT2D eigenvalue weighted by Crippen LogP contribution is 2.32. The number of ether oxygens (including phenoxy) is 3. The van der Waals surface area contributed by atoms with Gasteiger partial charge in [-0.15, -0.1) is 0 Å². The Hall–Kier alpha value is -2.93. The van der Waals surface area contributed by atoms with Gasteiger partial charge in [0.25, 0.3) is 0 Å². The van der Waals surface area contributed by atoms with E-state index in [0.717, 1.165) is 35.3 Å². The van der Waals surface area contributed by atoms with Gasteiger partial charge in [0.05, 0.1) is 6.61 Å². The van der Waals surface area contributed by atoms with Crippen LogP contribution in [0.1, 0.15) is 11.1 Å². The molecule has 1 aliphatic rings. The lowest BCUT2D eigenvalue weighted by molar-refractivity contribution is 0.174. The summed E-state index contributed by atoms with van der Waals surface area (Å²) in [6.45, 7) is 3.12. The smallest absolute Gasteiger partial charge is 0.231 e. The first-order valence-electron chi connectivity index (χ1n) is 8.93. The second-order valence-corrected chi connectivity index (χ2v) is 6.08. The molecule has 144 valence electrons. The number of rotatable bonds is 8. The van der Waals surface area contributed by atoms with Crippen molar-refractivity contribution in [3.63, 3.8) is 0 Å². The minimum absolute atomic E-state index is 0.288. The largest absolute Gasteiger partial charge is 0.454 e. The summed E-state index contributed by atoms with van der Waals surface area (Å²) in [6.07, 6.45) is 0. The van der Waals surface area contributed by atoms with E-state index in [1.54, 1.807) is 14.2 Å². The second kappa shape index (κ2) is 9.68. The van der Waals surface area contributed by atoms with Gasteiger partial charge in [0.15, 0.2) is 17.5 Å². The number of hydrogen-bond acceptors (Lipinski definition) is 5. The van der Waals surface area contributed by atoms with Crippen molar-refractivity contribution >= 4 is 11.6 Å². The van der Waals surface area contributed by atoms with Crippen molar-refractivity contribution in [3.8, 4) is 11.5 Å². The molecule has 1 aliphatic heterocycles. The van der Waals surface area contributed by atoms with Gasteiger partial charge in [0.1, 0.15) is 0 Å². The summed E-state index contributed by atoms with van der Waals surface area (Å²) in [6, 6.07) is 14.2. The molecule has 0 atom stereocenters. The van der Waals surface area contributed by atoms with Crippen LogP contribution in [0.5, 0.6) is 11.5 Å². The van der Waals surface area contributed by atoms with E-state index in [-0.39, 0.29) is 6.79 Å². The maximum Gasteiger partial charge on any atom is 0.231 e. The lowest BCUT2D eigenvalue weighted by Crippen LogP contribution is -2.36. The first-order chi connectivity index (χ1) is 13.3. The number of guanidine groups is 1. The molecule has 0 fully saturated rings. The van der Waals surface area contributed by atoms with E-state index in [4.69, 9.17) is 14.2 Å². The van der Waals surface area contributed by atoms with Gasteiger partial charge in [-0.2, -0.15) is 0 Å². The minimum Gasteiger partial charge on any atom is -0.454 e. The van der Waals surface area contributed by atoms with E-state index in [1.165, 1.54) is 5.56 Å². The number of benzene rings is 2. The molecule has 3 N–H and O–H groups in total. The number of methoxy groups -OCH3 is 1. The van der Waals surface area contributed by atoms with Crippen molar-refractivity contribution in [3.05, 3.63) is 53.6 Å². The first-order valence-corrected chi connectivity index (χ1v) is 8.93. The Labute approximate surface area is 159 Å². The predicted octanol–water partition coefficient (Wildman–Crippen LogP) is 2.34. The summed E-state index contributed by atoms with van der Waals surface area (Å²) < 4.78 is 15.8. The zero-order valence-corrected chi connectivity index (χ0v) is 15.7. The highest BCUT2D eigenvalue weighted by Gasteiger charge is 2.13. The lowest BCUT2D eigenvalue weighted by Gasteiger charge is -2.13. The van der Waals surface area contributed by atoms with E-state index in [1.807, 2.05) is 18.2 Å². The highest BCUT2D eigenvalue weighted by atomic mass is 16.7. The molecule has 7 nitrogen and oxygen atoms in total. The molecular weight excluding hydrogens is 344 g/mol. The van der Waals surface area contributed by atoms with E-state index >= 15 is 0 Å². The fourth-order valence-electron chi connectivity index (χ4n) is 2.68. The molecule has 2 aromatic rings. The van der Waals surface area contributed by atoms with Crippen molar-refractivity contribution in [2.75, 3.05) is 39.4 Å². The lowest BCUT2D eigenvalue weighted by atomic mass is 10.2. The number of anilines is 1. The summed E-state index contributed by atoms with van der Waals surface area (Å²) in [7, 11) is 3.46. The van der Waals surface area contributed by atoms with Crippen molar-refractivity contribution in [2.24, 2.45) is 4.99 Å². The molecule has 2 aromatic carbocycles. The Morgan fingerprint density at radius 3 is 2.44 bits per heavy atom. The topological polar surface area (TPSA) is 76.1 Å². The van der Waals surface area contributed by atoms with Crippen LogP contribution in [0.25, 0.3) is 0 Å². The Morgan fingerprint density at radius 2 is 1.70 bits per heavy atom. The molecule has 0 amide bonds. The normalized spacial score (nSPS) is 12.7. The van der Waals surface area contributed by atoms with E-state index in [9.17, 15) is 0 Å². The number of nitrogens with zero attached hydrogens (tertiary/aromatic N) is 1. The number of hydrogen-bond donors (Lipinski definition) is 3. The minimum atomic E-state index is 0.288. The van der Waals surface area contributed by atoms with Crippen LogP contribution in [0.2, 0.25) is 0 Å². The number of nitrogens with one attached hydrogen (secondary N) is 3. The molecule has 7 heteroatoms. The van der Waals surface area contributed by atoms with Gasteiger partial charge in [0.2, 0.25) is 6.79 Å². The maximum atomic E-state index is 5.41. The highest BCUT2D eigenvalue weighted by molar-refractivity contribution is 5.79. The molecular formula is C20H26N4O3. The average Bonchev–Trinajstić information content (AvgIpc) is 3.17. The predicted molar refractivity (Wildman–Crippen MR) is 106 cm³/mol. The zero-order chi connectivity index (χ0) is 18.9. The average molecular weight is 370 g/mol. The standard InChI is InChI=1S/C20H26N4O3/c1-21-20(24-13-16-5-8-18-19(11-16)27-14-26-18)23-12-15-3-6-17(7-4-15)22-9-10-25-2/h3-8,11,22H,9-10,12-14H2,1-2H3,(H2,21,23,24). The van der Waals surface area contributed by atoms with Crippen molar-refractivity contribution < 1.29 is 14.2 Å². The molecule has 0 saturated heterocycles. The third-order valence-electron chi connectivity index (χ3n) is 4.17. The Morgan fingerprint density at radius 1 is 1.00 bits per heavy atom. The third-order valence-corrected chi connectivity index (χ3v) is 4.17. The molecule has 0 unspecified atom stereocenters. The molecule has 3 rings (SSSR count). The molecule has 0 saturated carbocycles. The Balaban J connectivity index is 1.45. The summed E-state index contributed by atoms with van der Waals surface area (Å²) in [5.74, 6) is 2.33. The second-order valence-electron chi connectivity index (χ2n) is 6.08. The van der Waals surface area contributed by atoms with Gasteiger partial charge in [-0.25, -0.2) is 0 Å². The fraction of sp³-hybridized carbons (Fsp3) is 0.350. The van der Waals surface area contributed by atoms with Crippen LogP contribution in [0.4, 0.5) is 5.69 Å². The maximum absolute atomic E-state index is 5.41. The Bertz CT molecular complexity index is 762. The monoisotopic (exact) mass is 370 g/mol. The van der Waals surface area contributed by atoms with Crippen molar-refractivity contribution in [1.29, 1.82) is 0 Å². The molecule has 0 aliphatic carbocycles. The molecule has 0 aromatic heterocycles. The van der Waals surface area contributed by atoms with Gasteiger partial charge in [-0.3, -0.25) is 4.99 Å². The third kappa shape index (κ3) is 5.52. The van der Waals surface area contributed by atoms with Gasteiger partial charge < -0.3 is 30.2 Å². The molecule has 0 bridgehead atoms. The van der Waals surface area contributed by atoms with Gasteiger partial charge in [-0.05, 0) is 35.4 Å².